The average Bonchev–Trinajstić information content (AvgIpc) is 2.71. The highest BCUT2D eigenvalue weighted by molar-refractivity contribution is 6.34. The maximum atomic E-state index is 12.8. The van der Waals surface area contributed by atoms with E-state index in [4.69, 9.17) is 11.6 Å². The predicted octanol–water partition coefficient (Wildman–Crippen LogP) is 5.44. The van der Waals surface area contributed by atoms with Crippen LogP contribution < -0.4 is 10.2 Å². The number of halogens is 1. The summed E-state index contributed by atoms with van der Waals surface area (Å²) in [5.74, 6) is -0.217. The number of anilines is 2. The molecule has 2 amide bonds. The number of amides is 2. The molecule has 0 heterocycles. The molecule has 0 aliphatic carbocycles. The van der Waals surface area contributed by atoms with Crippen LogP contribution in [-0.4, -0.2) is 36.9 Å². The third-order valence-electron chi connectivity index (χ3n) is 5.18. The van der Waals surface area contributed by atoms with Gasteiger partial charge in [0.15, 0.2) is 0 Å². The van der Waals surface area contributed by atoms with Crippen LogP contribution in [-0.2, 0) is 11.3 Å². The molecule has 0 saturated carbocycles. The smallest absolute Gasteiger partial charge is 0.257 e. The van der Waals surface area contributed by atoms with E-state index in [0.29, 0.717) is 22.8 Å². The van der Waals surface area contributed by atoms with Crippen molar-refractivity contribution in [3.8, 4) is 0 Å². The van der Waals surface area contributed by atoms with Gasteiger partial charge in [-0.05, 0) is 49.2 Å². The summed E-state index contributed by atoms with van der Waals surface area (Å²) >= 11 is 6.16. The molecule has 0 aliphatic rings. The van der Waals surface area contributed by atoms with Gasteiger partial charge in [-0.2, -0.15) is 0 Å². The molecule has 0 aliphatic heterocycles. The highest BCUT2D eigenvalue weighted by Crippen LogP contribution is 2.27. The number of rotatable bonds is 8. The van der Waals surface area contributed by atoms with Gasteiger partial charge in [-0.3, -0.25) is 9.59 Å². The SMILES string of the molecule is CC[C@H](C)N(Cc1cc(NC(=O)c2ccccc2Cl)ccc1N(C)C)C(=O)C(C)C. The van der Waals surface area contributed by atoms with Crippen molar-refractivity contribution in [2.24, 2.45) is 5.92 Å². The fraction of sp³-hybridized carbons (Fsp3) is 0.417. The van der Waals surface area contributed by atoms with Crippen LogP contribution in [0.25, 0.3) is 0 Å². The summed E-state index contributed by atoms with van der Waals surface area (Å²) in [6.45, 7) is 8.47. The van der Waals surface area contributed by atoms with Gasteiger partial charge in [0.2, 0.25) is 5.91 Å². The van der Waals surface area contributed by atoms with E-state index in [1.54, 1.807) is 24.3 Å². The Morgan fingerprint density at radius 2 is 1.73 bits per heavy atom. The molecule has 1 N–H and O–H groups in total. The minimum atomic E-state index is -0.263. The quantitative estimate of drug-likeness (QED) is 0.607. The lowest BCUT2D eigenvalue weighted by molar-refractivity contribution is -0.137. The van der Waals surface area contributed by atoms with Crippen LogP contribution in [0.15, 0.2) is 42.5 Å². The fourth-order valence-corrected chi connectivity index (χ4v) is 3.48. The Hall–Kier alpha value is -2.53. The lowest BCUT2D eigenvalue weighted by atomic mass is 10.1. The molecule has 0 spiro atoms. The van der Waals surface area contributed by atoms with Crippen molar-refractivity contribution in [1.82, 2.24) is 4.90 Å². The van der Waals surface area contributed by atoms with Gasteiger partial charge < -0.3 is 15.1 Å². The van der Waals surface area contributed by atoms with Crippen molar-refractivity contribution < 1.29 is 9.59 Å². The Morgan fingerprint density at radius 3 is 2.30 bits per heavy atom. The Morgan fingerprint density at radius 1 is 1.07 bits per heavy atom. The predicted molar refractivity (Wildman–Crippen MR) is 125 cm³/mol. The number of nitrogens with zero attached hydrogens (tertiary/aromatic N) is 2. The molecule has 0 radical (unpaired) electrons. The van der Waals surface area contributed by atoms with Gasteiger partial charge in [0.05, 0.1) is 10.6 Å². The second-order valence-electron chi connectivity index (χ2n) is 8.05. The van der Waals surface area contributed by atoms with Gasteiger partial charge in [0.25, 0.3) is 5.91 Å². The van der Waals surface area contributed by atoms with Crippen LogP contribution in [0.2, 0.25) is 5.02 Å². The maximum absolute atomic E-state index is 12.8. The number of carbonyl (C=O) groups is 2. The average molecular weight is 430 g/mol. The molecule has 1 atom stereocenters. The minimum Gasteiger partial charge on any atom is -0.377 e. The molecule has 0 fully saturated rings. The lowest BCUT2D eigenvalue weighted by Gasteiger charge is -2.32. The third kappa shape index (κ3) is 5.76. The molecule has 0 aromatic heterocycles. The van der Waals surface area contributed by atoms with Crippen molar-refractivity contribution in [3.63, 3.8) is 0 Å². The first-order chi connectivity index (χ1) is 14.1. The molecule has 0 saturated heterocycles. The molecule has 2 aromatic carbocycles. The number of hydrogen-bond donors (Lipinski definition) is 1. The van der Waals surface area contributed by atoms with Crippen molar-refractivity contribution in [3.05, 3.63) is 58.6 Å². The van der Waals surface area contributed by atoms with Gasteiger partial charge in [-0.15, -0.1) is 0 Å². The van der Waals surface area contributed by atoms with E-state index < -0.39 is 0 Å². The van der Waals surface area contributed by atoms with Gasteiger partial charge in [0, 0.05) is 44.0 Å². The van der Waals surface area contributed by atoms with Crippen LogP contribution in [0.1, 0.15) is 50.0 Å². The summed E-state index contributed by atoms with van der Waals surface area (Å²) in [6.07, 6.45) is 0.874. The zero-order valence-electron chi connectivity index (χ0n) is 18.7. The second kappa shape index (κ2) is 10.5. The molecule has 0 bridgehead atoms. The third-order valence-corrected chi connectivity index (χ3v) is 5.51. The van der Waals surface area contributed by atoms with Crippen LogP contribution in [0.5, 0.6) is 0 Å². The first-order valence-electron chi connectivity index (χ1n) is 10.3. The summed E-state index contributed by atoms with van der Waals surface area (Å²) in [4.78, 5) is 29.5. The van der Waals surface area contributed by atoms with E-state index in [1.165, 1.54) is 0 Å². The van der Waals surface area contributed by atoms with Crippen LogP contribution in [0, 0.1) is 5.92 Å². The van der Waals surface area contributed by atoms with E-state index in [0.717, 1.165) is 17.7 Å². The van der Waals surface area contributed by atoms with E-state index in [-0.39, 0.29) is 23.8 Å². The topological polar surface area (TPSA) is 52.7 Å². The first-order valence-corrected chi connectivity index (χ1v) is 10.7. The Kier molecular flexibility index (Phi) is 8.30. The zero-order valence-corrected chi connectivity index (χ0v) is 19.5. The molecule has 0 unspecified atom stereocenters. The van der Waals surface area contributed by atoms with E-state index >= 15 is 0 Å². The minimum absolute atomic E-state index is 0.0788. The number of carbonyl (C=O) groups excluding carboxylic acids is 2. The summed E-state index contributed by atoms with van der Waals surface area (Å²) in [5.41, 5.74) is 3.08. The molecule has 5 nitrogen and oxygen atoms in total. The van der Waals surface area contributed by atoms with Crippen LogP contribution >= 0.6 is 11.6 Å². The summed E-state index contributed by atoms with van der Waals surface area (Å²) in [6, 6.07) is 12.8. The number of nitrogens with one attached hydrogen (secondary N) is 1. The highest BCUT2D eigenvalue weighted by atomic mass is 35.5. The van der Waals surface area contributed by atoms with Gasteiger partial charge in [-0.25, -0.2) is 0 Å². The summed E-state index contributed by atoms with van der Waals surface area (Å²) in [5, 5.41) is 3.34. The van der Waals surface area contributed by atoms with Crippen LogP contribution in [0.3, 0.4) is 0 Å². The maximum Gasteiger partial charge on any atom is 0.257 e. The summed E-state index contributed by atoms with van der Waals surface area (Å²) < 4.78 is 0. The second-order valence-corrected chi connectivity index (χ2v) is 8.46. The molecule has 162 valence electrons. The van der Waals surface area contributed by atoms with E-state index in [2.05, 4.69) is 19.2 Å². The highest BCUT2D eigenvalue weighted by Gasteiger charge is 2.23. The zero-order chi connectivity index (χ0) is 22.4. The first kappa shape index (κ1) is 23.7. The van der Waals surface area contributed by atoms with Crippen molar-refractivity contribution >= 4 is 34.8 Å². The Bertz CT molecular complexity index is 896. The summed E-state index contributed by atoms with van der Waals surface area (Å²) in [7, 11) is 3.94. The molecular weight excluding hydrogens is 398 g/mol. The standard InChI is InChI=1S/C24H32ClN3O2/c1-7-17(4)28(24(30)16(2)3)15-18-14-19(12-13-22(18)27(5)6)26-23(29)20-10-8-9-11-21(20)25/h8-14,16-17H,7,15H2,1-6H3,(H,26,29)/t17-/m0/s1. The Labute approximate surface area is 185 Å². The van der Waals surface area contributed by atoms with Crippen molar-refractivity contribution in [2.75, 3.05) is 24.3 Å². The molecule has 2 rings (SSSR count). The molecule has 6 heteroatoms. The molecule has 30 heavy (non-hydrogen) atoms. The fourth-order valence-electron chi connectivity index (χ4n) is 3.26. The van der Waals surface area contributed by atoms with Gasteiger partial charge in [-0.1, -0.05) is 44.5 Å². The molecular formula is C24H32ClN3O2. The largest absolute Gasteiger partial charge is 0.377 e. The number of hydrogen-bond acceptors (Lipinski definition) is 3. The van der Waals surface area contributed by atoms with Gasteiger partial charge in [0.1, 0.15) is 0 Å². The van der Waals surface area contributed by atoms with Crippen molar-refractivity contribution in [1.29, 1.82) is 0 Å². The normalized spacial score (nSPS) is 11.9. The van der Waals surface area contributed by atoms with E-state index in [9.17, 15) is 9.59 Å². The van der Waals surface area contributed by atoms with Crippen molar-refractivity contribution in [2.45, 2.75) is 46.7 Å². The number of benzene rings is 2. The molecule has 2 aromatic rings. The van der Waals surface area contributed by atoms with Gasteiger partial charge >= 0.3 is 0 Å². The monoisotopic (exact) mass is 429 g/mol. The Balaban J connectivity index is 2.37. The lowest BCUT2D eigenvalue weighted by Crippen LogP contribution is -2.40. The van der Waals surface area contributed by atoms with Crippen LogP contribution in [0.4, 0.5) is 11.4 Å². The van der Waals surface area contributed by atoms with E-state index in [1.807, 2.05) is 55.9 Å².